The maximum absolute atomic E-state index is 10.9. The monoisotopic (exact) mass is 415 g/mol. The highest BCUT2D eigenvalue weighted by Crippen LogP contribution is 2.29. The molecule has 26 heavy (non-hydrogen) atoms. The van der Waals surface area contributed by atoms with Crippen LogP contribution in [0.5, 0.6) is 0 Å². The van der Waals surface area contributed by atoms with Crippen molar-refractivity contribution >= 4 is 57.6 Å². The summed E-state index contributed by atoms with van der Waals surface area (Å²) in [6.45, 7) is 4.49. The van der Waals surface area contributed by atoms with Crippen LogP contribution < -0.4 is 21.5 Å². The number of nitro groups is 1. The van der Waals surface area contributed by atoms with E-state index in [0.29, 0.717) is 33.7 Å². The highest BCUT2D eigenvalue weighted by molar-refractivity contribution is 7.80. The first kappa shape index (κ1) is 20.6. The number of benzene rings is 1. The number of nitro benzene ring substituents is 1. The molecule has 4 N–H and O–H groups in total. The molecule has 142 valence electrons. The third-order valence-electron chi connectivity index (χ3n) is 4.72. The van der Waals surface area contributed by atoms with Gasteiger partial charge in [0.1, 0.15) is 0 Å². The van der Waals surface area contributed by atoms with Crippen molar-refractivity contribution in [1.29, 1.82) is 0 Å². The van der Waals surface area contributed by atoms with Crippen LogP contribution in [0.15, 0.2) is 18.2 Å². The van der Waals surface area contributed by atoms with Crippen molar-refractivity contribution in [2.24, 2.45) is 11.8 Å². The van der Waals surface area contributed by atoms with Crippen LogP contribution in [0.4, 0.5) is 11.4 Å². The Labute approximate surface area is 168 Å². The predicted molar refractivity (Wildman–Crippen MR) is 112 cm³/mol. The number of halogens is 1. The first-order valence-corrected chi connectivity index (χ1v) is 9.55. The summed E-state index contributed by atoms with van der Waals surface area (Å²) in [6.07, 6.45) is 3.51. The molecule has 2 rings (SSSR count). The fourth-order valence-electron chi connectivity index (χ4n) is 2.98. The summed E-state index contributed by atoms with van der Waals surface area (Å²) in [5.74, 6) is 1.20. The number of non-ortho nitro benzene ring substituents is 1. The molecule has 1 saturated carbocycles. The number of thiocarbonyl (C=S) groups is 2. The maximum Gasteiger partial charge on any atom is 0.271 e. The molecule has 1 aliphatic rings. The zero-order valence-corrected chi connectivity index (χ0v) is 16.9. The second kappa shape index (κ2) is 9.29. The highest BCUT2D eigenvalue weighted by Gasteiger charge is 2.27. The van der Waals surface area contributed by atoms with Crippen LogP contribution in [0.25, 0.3) is 0 Å². The Morgan fingerprint density at radius 3 is 2.62 bits per heavy atom. The van der Waals surface area contributed by atoms with Gasteiger partial charge in [-0.05, 0) is 48.8 Å². The normalized spacial score (nSPS) is 22.2. The van der Waals surface area contributed by atoms with Gasteiger partial charge < -0.3 is 10.6 Å². The van der Waals surface area contributed by atoms with E-state index in [1.807, 2.05) is 0 Å². The average Bonchev–Trinajstić information content (AvgIpc) is 2.59. The smallest absolute Gasteiger partial charge is 0.271 e. The summed E-state index contributed by atoms with van der Waals surface area (Å²) in [7, 11) is 0. The zero-order valence-electron chi connectivity index (χ0n) is 14.5. The first-order valence-electron chi connectivity index (χ1n) is 8.35. The Balaban J connectivity index is 1.84. The lowest BCUT2D eigenvalue weighted by atomic mass is 9.78. The van der Waals surface area contributed by atoms with Crippen molar-refractivity contribution in [3.63, 3.8) is 0 Å². The minimum atomic E-state index is -0.498. The Kier molecular flexibility index (Phi) is 7.36. The number of nitrogens with zero attached hydrogens (tertiary/aromatic N) is 1. The molecule has 0 amide bonds. The van der Waals surface area contributed by atoms with E-state index < -0.39 is 4.92 Å². The molecular weight excluding hydrogens is 394 g/mol. The van der Waals surface area contributed by atoms with Crippen molar-refractivity contribution in [3.8, 4) is 0 Å². The van der Waals surface area contributed by atoms with E-state index in [4.69, 9.17) is 36.0 Å². The van der Waals surface area contributed by atoms with Crippen LogP contribution >= 0.6 is 36.0 Å². The van der Waals surface area contributed by atoms with Crippen molar-refractivity contribution in [3.05, 3.63) is 33.3 Å². The number of anilines is 1. The second-order valence-corrected chi connectivity index (χ2v) is 7.70. The quantitative estimate of drug-likeness (QED) is 0.337. The van der Waals surface area contributed by atoms with Crippen LogP contribution in [0.1, 0.15) is 33.1 Å². The van der Waals surface area contributed by atoms with Gasteiger partial charge in [-0.3, -0.25) is 21.0 Å². The number of hydrogen-bond acceptors (Lipinski definition) is 4. The molecule has 1 aromatic carbocycles. The van der Waals surface area contributed by atoms with Gasteiger partial charge >= 0.3 is 0 Å². The molecule has 0 aliphatic heterocycles. The molecule has 0 heterocycles. The molecule has 1 aromatic rings. The van der Waals surface area contributed by atoms with Crippen LogP contribution in [0.3, 0.4) is 0 Å². The van der Waals surface area contributed by atoms with Gasteiger partial charge in [0, 0.05) is 18.2 Å². The third-order valence-corrected chi connectivity index (χ3v) is 5.48. The van der Waals surface area contributed by atoms with E-state index in [9.17, 15) is 10.1 Å². The molecule has 3 atom stereocenters. The van der Waals surface area contributed by atoms with E-state index in [0.717, 1.165) is 6.42 Å². The number of hydrazine groups is 1. The SMILES string of the molecule is C[C@@H]1[C@H](C)CCC[C@H]1NC(=S)NNC(=S)Nc1cc([N+](=O)[O-])ccc1Cl. The van der Waals surface area contributed by atoms with Crippen LogP contribution in [-0.4, -0.2) is 21.2 Å². The fourth-order valence-corrected chi connectivity index (χ4v) is 3.51. The summed E-state index contributed by atoms with van der Waals surface area (Å²) < 4.78 is 0. The molecule has 0 unspecified atom stereocenters. The van der Waals surface area contributed by atoms with Gasteiger partial charge in [0.2, 0.25) is 0 Å². The Morgan fingerprint density at radius 2 is 1.92 bits per heavy atom. The van der Waals surface area contributed by atoms with E-state index in [-0.39, 0.29) is 10.8 Å². The molecule has 7 nitrogen and oxygen atoms in total. The van der Waals surface area contributed by atoms with Gasteiger partial charge in [0.15, 0.2) is 10.2 Å². The Morgan fingerprint density at radius 1 is 1.23 bits per heavy atom. The maximum atomic E-state index is 10.9. The molecule has 10 heteroatoms. The van der Waals surface area contributed by atoms with Crippen LogP contribution in [0, 0.1) is 22.0 Å². The summed E-state index contributed by atoms with van der Waals surface area (Å²) >= 11 is 16.5. The molecule has 0 saturated heterocycles. The van der Waals surface area contributed by atoms with Gasteiger partial charge in [-0.25, -0.2) is 0 Å². The minimum Gasteiger partial charge on any atom is -0.358 e. The Hall–Kier alpha value is -1.71. The van der Waals surface area contributed by atoms with E-state index >= 15 is 0 Å². The molecule has 1 aliphatic carbocycles. The van der Waals surface area contributed by atoms with E-state index in [1.54, 1.807) is 0 Å². The number of rotatable bonds is 3. The lowest BCUT2D eigenvalue weighted by molar-refractivity contribution is -0.384. The number of nitrogens with one attached hydrogen (secondary N) is 4. The van der Waals surface area contributed by atoms with Gasteiger partial charge in [-0.15, -0.1) is 0 Å². The van der Waals surface area contributed by atoms with E-state index in [1.165, 1.54) is 31.0 Å². The van der Waals surface area contributed by atoms with Crippen molar-refractivity contribution < 1.29 is 4.92 Å². The first-order chi connectivity index (χ1) is 12.3. The Bertz CT molecular complexity index is 703. The molecular formula is C16H22ClN5O2S2. The lowest BCUT2D eigenvalue weighted by Crippen LogP contribution is -2.53. The van der Waals surface area contributed by atoms with Gasteiger partial charge in [0.05, 0.1) is 15.6 Å². The van der Waals surface area contributed by atoms with Crippen LogP contribution in [0.2, 0.25) is 5.02 Å². The topological polar surface area (TPSA) is 91.3 Å². The third kappa shape index (κ3) is 5.65. The largest absolute Gasteiger partial charge is 0.358 e. The van der Waals surface area contributed by atoms with Gasteiger partial charge in [-0.2, -0.15) is 0 Å². The molecule has 1 fully saturated rings. The zero-order chi connectivity index (χ0) is 19.3. The van der Waals surface area contributed by atoms with Gasteiger partial charge in [0.25, 0.3) is 5.69 Å². The minimum absolute atomic E-state index is 0.0785. The van der Waals surface area contributed by atoms with Crippen molar-refractivity contribution in [2.45, 2.75) is 39.2 Å². The van der Waals surface area contributed by atoms with Crippen molar-refractivity contribution in [2.75, 3.05) is 5.32 Å². The van der Waals surface area contributed by atoms with E-state index in [2.05, 4.69) is 35.3 Å². The highest BCUT2D eigenvalue weighted by atomic mass is 35.5. The van der Waals surface area contributed by atoms with Crippen molar-refractivity contribution in [1.82, 2.24) is 16.2 Å². The summed E-state index contributed by atoms with van der Waals surface area (Å²) in [6, 6.07) is 4.41. The molecule has 0 radical (unpaired) electrons. The molecule has 0 spiro atoms. The average molecular weight is 416 g/mol. The molecule has 0 bridgehead atoms. The van der Waals surface area contributed by atoms with Crippen LogP contribution in [-0.2, 0) is 0 Å². The van der Waals surface area contributed by atoms with Gasteiger partial charge in [-0.1, -0.05) is 38.3 Å². The molecule has 0 aromatic heterocycles. The fraction of sp³-hybridized carbons (Fsp3) is 0.500. The second-order valence-electron chi connectivity index (χ2n) is 6.47. The number of hydrogen-bond donors (Lipinski definition) is 4. The standard InChI is InChI=1S/C16H22ClN5O2S2/c1-9-4-3-5-13(10(9)2)18-15(25)20-21-16(26)19-14-8-11(22(23)24)6-7-12(14)17/h6-10,13H,3-5H2,1-2H3,(H2,18,20,25)(H2,19,21,26)/t9-,10-,13-/m1/s1. The summed E-state index contributed by atoms with van der Waals surface area (Å²) in [5.41, 5.74) is 5.86. The lowest BCUT2D eigenvalue weighted by Gasteiger charge is -2.35. The summed E-state index contributed by atoms with van der Waals surface area (Å²) in [5, 5.41) is 17.9. The predicted octanol–water partition coefficient (Wildman–Crippen LogP) is 3.74. The summed E-state index contributed by atoms with van der Waals surface area (Å²) in [4.78, 5) is 10.4.